The van der Waals surface area contributed by atoms with Gasteiger partial charge in [-0.2, -0.15) is 5.10 Å². The zero-order valence-electron chi connectivity index (χ0n) is 12.1. The summed E-state index contributed by atoms with van der Waals surface area (Å²) in [6.45, 7) is -0.493. The number of nitrogens with zero attached hydrogens (tertiary/aromatic N) is 2. The summed E-state index contributed by atoms with van der Waals surface area (Å²) < 4.78 is 18.6. The fourth-order valence-corrected chi connectivity index (χ4v) is 1.92. The molecule has 1 N–H and O–H groups in total. The Hall–Kier alpha value is -3.00. The highest BCUT2D eigenvalue weighted by molar-refractivity contribution is 6.33. The number of para-hydroxylation sites is 2. The van der Waals surface area contributed by atoms with Crippen molar-refractivity contribution in [2.45, 2.75) is 0 Å². The summed E-state index contributed by atoms with van der Waals surface area (Å²) in [5, 5.41) is 14.5. The Balaban J connectivity index is 1.93. The number of carbonyl (C=O) groups is 1. The molecule has 2 aromatic carbocycles. The van der Waals surface area contributed by atoms with Crippen LogP contribution in [0.5, 0.6) is 5.75 Å². The normalized spacial score (nSPS) is 10.6. The van der Waals surface area contributed by atoms with Crippen molar-refractivity contribution in [1.29, 1.82) is 0 Å². The van der Waals surface area contributed by atoms with Crippen molar-refractivity contribution in [3.63, 3.8) is 0 Å². The van der Waals surface area contributed by atoms with Crippen LogP contribution in [-0.4, -0.2) is 23.7 Å². The second-order valence-corrected chi connectivity index (χ2v) is 4.85. The van der Waals surface area contributed by atoms with E-state index in [4.69, 9.17) is 16.3 Å². The number of rotatable bonds is 6. The molecule has 2 rings (SSSR count). The average molecular weight is 352 g/mol. The molecule has 0 radical (unpaired) electrons. The number of ether oxygens (including phenoxy) is 1. The van der Waals surface area contributed by atoms with E-state index in [1.54, 1.807) is 6.07 Å². The molecule has 0 saturated heterocycles. The van der Waals surface area contributed by atoms with Crippen molar-refractivity contribution in [2.75, 3.05) is 6.61 Å². The summed E-state index contributed by atoms with van der Waals surface area (Å²) in [4.78, 5) is 21.8. The number of amides is 1. The third kappa shape index (κ3) is 4.50. The zero-order valence-corrected chi connectivity index (χ0v) is 12.9. The molecule has 124 valence electrons. The Labute approximate surface area is 140 Å². The minimum atomic E-state index is -0.670. The Bertz CT molecular complexity index is 778. The van der Waals surface area contributed by atoms with Crippen LogP contribution in [0.15, 0.2) is 47.6 Å². The van der Waals surface area contributed by atoms with Crippen LogP contribution in [0.3, 0.4) is 0 Å². The maximum absolute atomic E-state index is 13.5. The quantitative estimate of drug-likeness (QED) is 0.492. The molecule has 7 nitrogen and oxygen atoms in total. The van der Waals surface area contributed by atoms with Gasteiger partial charge in [0, 0.05) is 11.6 Å². The highest BCUT2D eigenvalue weighted by Gasteiger charge is 2.14. The van der Waals surface area contributed by atoms with E-state index < -0.39 is 23.3 Å². The maximum Gasteiger partial charge on any atom is 0.310 e. The van der Waals surface area contributed by atoms with Crippen LogP contribution >= 0.6 is 11.6 Å². The highest BCUT2D eigenvalue weighted by atomic mass is 35.5. The summed E-state index contributed by atoms with van der Waals surface area (Å²) in [7, 11) is 0. The van der Waals surface area contributed by atoms with Crippen molar-refractivity contribution in [3.05, 3.63) is 69.0 Å². The molecule has 0 spiro atoms. The molecule has 0 aromatic heterocycles. The molecular formula is C15H11ClFN3O4. The van der Waals surface area contributed by atoms with Crippen LogP contribution in [0, 0.1) is 15.9 Å². The molecule has 0 aliphatic rings. The minimum Gasteiger partial charge on any atom is -0.477 e. The Morgan fingerprint density at radius 2 is 2.08 bits per heavy atom. The molecule has 0 unspecified atom stereocenters. The Kier molecular flexibility index (Phi) is 5.80. The summed E-state index contributed by atoms with van der Waals surface area (Å²) in [5.74, 6) is -1.30. The zero-order chi connectivity index (χ0) is 17.5. The lowest BCUT2D eigenvalue weighted by Gasteiger charge is -2.05. The first-order valence-electron chi connectivity index (χ1n) is 6.61. The SMILES string of the molecule is O=C(COc1ccccc1[N+](=O)[O-])N/N=C\c1c(F)cccc1Cl. The molecule has 0 saturated carbocycles. The number of nitro benzene ring substituents is 1. The molecule has 0 fully saturated rings. The van der Waals surface area contributed by atoms with Gasteiger partial charge >= 0.3 is 5.69 Å². The van der Waals surface area contributed by atoms with Gasteiger partial charge in [0.2, 0.25) is 0 Å². The number of hydrogen-bond donors (Lipinski definition) is 1. The predicted octanol–water partition coefficient (Wildman–Crippen LogP) is 2.92. The van der Waals surface area contributed by atoms with Crippen LogP contribution < -0.4 is 10.2 Å². The predicted molar refractivity (Wildman–Crippen MR) is 85.7 cm³/mol. The number of hydrogen-bond acceptors (Lipinski definition) is 5. The third-order valence-electron chi connectivity index (χ3n) is 2.80. The molecule has 0 aliphatic carbocycles. The van der Waals surface area contributed by atoms with Crippen LogP contribution in [0.25, 0.3) is 0 Å². The number of nitrogens with one attached hydrogen (secondary N) is 1. The van der Waals surface area contributed by atoms with Crippen LogP contribution in [0.1, 0.15) is 5.56 Å². The van der Waals surface area contributed by atoms with Gasteiger partial charge in [-0.25, -0.2) is 9.82 Å². The largest absolute Gasteiger partial charge is 0.477 e. The molecule has 2 aromatic rings. The molecule has 9 heteroatoms. The number of carbonyl (C=O) groups excluding carboxylic acids is 1. The van der Waals surface area contributed by atoms with Crippen molar-refractivity contribution < 1.29 is 18.8 Å². The average Bonchev–Trinajstić information content (AvgIpc) is 2.56. The van der Waals surface area contributed by atoms with Crippen molar-refractivity contribution in [2.24, 2.45) is 5.10 Å². The van der Waals surface area contributed by atoms with E-state index in [0.29, 0.717) is 0 Å². The van der Waals surface area contributed by atoms with Gasteiger partial charge in [0.15, 0.2) is 12.4 Å². The van der Waals surface area contributed by atoms with E-state index in [2.05, 4.69) is 10.5 Å². The first kappa shape index (κ1) is 17.4. The van der Waals surface area contributed by atoms with E-state index in [1.807, 2.05) is 0 Å². The second kappa shape index (κ2) is 8.02. The standard InChI is InChI=1S/C15H11ClFN3O4/c16-11-4-3-5-12(17)10(11)8-18-19-15(21)9-24-14-7-2-1-6-13(14)20(22)23/h1-8H,9H2,(H,19,21)/b18-8-. The van der Waals surface area contributed by atoms with E-state index in [1.165, 1.54) is 36.4 Å². The van der Waals surface area contributed by atoms with Crippen molar-refractivity contribution >= 4 is 29.4 Å². The summed E-state index contributed by atoms with van der Waals surface area (Å²) in [6.07, 6.45) is 1.06. The molecule has 0 heterocycles. The van der Waals surface area contributed by atoms with E-state index in [-0.39, 0.29) is 22.0 Å². The minimum absolute atomic E-state index is 0.0269. The van der Waals surface area contributed by atoms with Gasteiger partial charge in [0.25, 0.3) is 5.91 Å². The van der Waals surface area contributed by atoms with Crippen LogP contribution in [-0.2, 0) is 4.79 Å². The van der Waals surface area contributed by atoms with E-state index in [9.17, 15) is 19.3 Å². The molecule has 0 bridgehead atoms. The fraction of sp³-hybridized carbons (Fsp3) is 0.0667. The molecule has 24 heavy (non-hydrogen) atoms. The first-order valence-corrected chi connectivity index (χ1v) is 6.99. The number of hydrazone groups is 1. The van der Waals surface area contributed by atoms with Gasteiger partial charge in [-0.1, -0.05) is 29.8 Å². The highest BCUT2D eigenvalue weighted by Crippen LogP contribution is 2.25. The van der Waals surface area contributed by atoms with Crippen LogP contribution in [0.4, 0.5) is 10.1 Å². The number of benzene rings is 2. The van der Waals surface area contributed by atoms with Gasteiger partial charge in [0.05, 0.1) is 16.2 Å². The fourth-order valence-electron chi connectivity index (χ4n) is 1.71. The monoisotopic (exact) mass is 351 g/mol. The molecule has 0 atom stereocenters. The van der Waals surface area contributed by atoms with E-state index >= 15 is 0 Å². The maximum atomic E-state index is 13.5. The lowest BCUT2D eigenvalue weighted by atomic mass is 10.2. The Morgan fingerprint density at radius 3 is 2.79 bits per heavy atom. The van der Waals surface area contributed by atoms with Crippen LogP contribution in [0.2, 0.25) is 5.02 Å². The molecule has 0 aliphatic heterocycles. The lowest BCUT2D eigenvalue weighted by Crippen LogP contribution is -2.24. The van der Waals surface area contributed by atoms with Crippen molar-refractivity contribution in [1.82, 2.24) is 5.43 Å². The Morgan fingerprint density at radius 1 is 1.33 bits per heavy atom. The molecule has 1 amide bonds. The topological polar surface area (TPSA) is 93.8 Å². The van der Waals surface area contributed by atoms with Crippen molar-refractivity contribution in [3.8, 4) is 5.75 Å². The smallest absolute Gasteiger partial charge is 0.310 e. The number of nitro groups is 1. The summed E-state index contributed by atoms with van der Waals surface area (Å²) >= 11 is 5.80. The van der Waals surface area contributed by atoms with Gasteiger partial charge in [0.1, 0.15) is 5.82 Å². The number of halogens is 2. The van der Waals surface area contributed by atoms with Gasteiger partial charge < -0.3 is 4.74 Å². The van der Waals surface area contributed by atoms with Gasteiger partial charge in [-0.3, -0.25) is 14.9 Å². The van der Waals surface area contributed by atoms with Gasteiger partial charge in [-0.05, 0) is 18.2 Å². The van der Waals surface area contributed by atoms with E-state index in [0.717, 1.165) is 6.21 Å². The lowest BCUT2D eigenvalue weighted by molar-refractivity contribution is -0.385. The second-order valence-electron chi connectivity index (χ2n) is 4.44. The van der Waals surface area contributed by atoms with Gasteiger partial charge in [-0.15, -0.1) is 0 Å². The third-order valence-corrected chi connectivity index (χ3v) is 3.13. The first-order chi connectivity index (χ1) is 11.5. The summed E-state index contributed by atoms with van der Waals surface area (Å²) in [5.41, 5.74) is 1.88. The molecular weight excluding hydrogens is 341 g/mol. The summed E-state index contributed by atoms with van der Waals surface area (Å²) in [6, 6.07) is 9.76.